The van der Waals surface area contributed by atoms with Gasteiger partial charge in [-0.1, -0.05) is 6.07 Å². The van der Waals surface area contributed by atoms with Crippen LogP contribution in [0.2, 0.25) is 0 Å². The first kappa shape index (κ1) is 14.8. The first-order valence-corrected chi connectivity index (χ1v) is 7.34. The van der Waals surface area contributed by atoms with E-state index in [1.54, 1.807) is 23.4 Å². The number of urea groups is 1. The van der Waals surface area contributed by atoms with Crippen LogP contribution in [-0.4, -0.2) is 31.4 Å². The van der Waals surface area contributed by atoms with Gasteiger partial charge in [0.2, 0.25) is 0 Å². The van der Waals surface area contributed by atoms with E-state index >= 15 is 0 Å². The van der Waals surface area contributed by atoms with Crippen LogP contribution >= 0.6 is 0 Å². The largest absolute Gasteiger partial charge is 0.335 e. The van der Waals surface area contributed by atoms with E-state index in [2.05, 4.69) is 20.7 Å². The number of hydrogen-bond acceptors (Lipinski definition) is 3. The second-order valence-electron chi connectivity index (χ2n) is 5.26. The molecule has 0 saturated heterocycles. The standard InChI is InChI=1S/C16H18N6O/c1-13(11-21-9-7-17-12-21)19-16(23)20-14-4-2-5-15(10-14)22-8-3-6-18-22/h2-10,12-13H,11H2,1H3,(H2,19,20,23)/t13-/m0/s1. The van der Waals surface area contributed by atoms with Crippen LogP contribution in [0.1, 0.15) is 6.92 Å². The van der Waals surface area contributed by atoms with Gasteiger partial charge >= 0.3 is 6.03 Å². The maximum atomic E-state index is 12.1. The summed E-state index contributed by atoms with van der Waals surface area (Å²) in [6, 6.07) is 9.11. The van der Waals surface area contributed by atoms with Crippen LogP contribution in [0.4, 0.5) is 10.5 Å². The number of benzene rings is 1. The van der Waals surface area contributed by atoms with Crippen molar-refractivity contribution in [2.75, 3.05) is 5.32 Å². The van der Waals surface area contributed by atoms with E-state index in [0.717, 1.165) is 5.69 Å². The van der Waals surface area contributed by atoms with Crippen LogP contribution in [0.25, 0.3) is 5.69 Å². The number of rotatable bonds is 5. The summed E-state index contributed by atoms with van der Waals surface area (Å²) in [4.78, 5) is 16.1. The van der Waals surface area contributed by atoms with Gasteiger partial charge in [-0.15, -0.1) is 0 Å². The van der Waals surface area contributed by atoms with Crippen LogP contribution < -0.4 is 10.6 Å². The van der Waals surface area contributed by atoms with Crippen LogP contribution in [0.15, 0.2) is 61.4 Å². The van der Waals surface area contributed by atoms with E-state index in [9.17, 15) is 4.79 Å². The molecule has 7 nitrogen and oxygen atoms in total. The summed E-state index contributed by atoms with van der Waals surface area (Å²) in [5.74, 6) is 0. The molecule has 1 atom stereocenters. The maximum absolute atomic E-state index is 12.1. The van der Waals surface area contributed by atoms with Crippen LogP contribution in [0.5, 0.6) is 0 Å². The highest BCUT2D eigenvalue weighted by molar-refractivity contribution is 5.89. The number of carbonyl (C=O) groups excluding carboxylic acids is 1. The predicted molar refractivity (Wildman–Crippen MR) is 87.4 cm³/mol. The Labute approximate surface area is 134 Å². The highest BCUT2D eigenvalue weighted by Crippen LogP contribution is 2.13. The molecule has 23 heavy (non-hydrogen) atoms. The van der Waals surface area contributed by atoms with Gasteiger partial charge < -0.3 is 15.2 Å². The van der Waals surface area contributed by atoms with Gasteiger partial charge in [0.25, 0.3) is 0 Å². The summed E-state index contributed by atoms with van der Waals surface area (Å²) >= 11 is 0. The molecule has 118 valence electrons. The van der Waals surface area contributed by atoms with Gasteiger partial charge in [-0.2, -0.15) is 5.10 Å². The van der Waals surface area contributed by atoms with Crippen molar-refractivity contribution < 1.29 is 4.79 Å². The van der Waals surface area contributed by atoms with E-state index in [1.165, 1.54) is 0 Å². The number of imidazole rings is 1. The molecule has 0 unspecified atom stereocenters. The van der Waals surface area contributed by atoms with Gasteiger partial charge in [0.05, 0.1) is 12.0 Å². The smallest absolute Gasteiger partial charge is 0.319 e. The van der Waals surface area contributed by atoms with Crippen LogP contribution in [0, 0.1) is 0 Å². The normalized spacial score (nSPS) is 11.9. The monoisotopic (exact) mass is 310 g/mol. The zero-order chi connectivity index (χ0) is 16.1. The lowest BCUT2D eigenvalue weighted by Crippen LogP contribution is -2.38. The summed E-state index contributed by atoms with van der Waals surface area (Å²) in [6.07, 6.45) is 8.87. The zero-order valence-corrected chi connectivity index (χ0v) is 12.8. The number of anilines is 1. The minimum absolute atomic E-state index is 0.0153. The number of amides is 2. The molecule has 2 amide bonds. The van der Waals surface area contributed by atoms with Gasteiger partial charge in [0.15, 0.2) is 0 Å². The number of aromatic nitrogens is 4. The molecule has 0 fully saturated rings. The van der Waals surface area contributed by atoms with Gasteiger partial charge in [-0.05, 0) is 31.2 Å². The fourth-order valence-corrected chi connectivity index (χ4v) is 2.30. The van der Waals surface area contributed by atoms with Crippen molar-refractivity contribution in [3.63, 3.8) is 0 Å². The fourth-order valence-electron chi connectivity index (χ4n) is 2.30. The van der Waals surface area contributed by atoms with E-state index in [-0.39, 0.29) is 12.1 Å². The van der Waals surface area contributed by atoms with Crippen molar-refractivity contribution in [1.29, 1.82) is 0 Å². The van der Waals surface area contributed by atoms with Crippen LogP contribution in [0.3, 0.4) is 0 Å². The number of nitrogens with zero attached hydrogens (tertiary/aromatic N) is 4. The molecule has 7 heteroatoms. The lowest BCUT2D eigenvalue weighted by atomic mass is 10.3. The van der Waals surface area contributed by atoms with Crippen molar-refractivity contribution >= 4 is 11.7 Å². The summed E-state index contributed by atoms with van der Waals surface area (Å²) < 4.78 is 3.66. The third kappa shape index (κ3) is 3.97. The topological polar surface area (TPSA) is 76.8 Å². The highest BCUT2D eigenvalue weighted by Gasteiger charge is 2.08. The van der Waals surface area contributed by atoms with Crippen molar-refractivity contribution in [2.45, 2.75) is 19.5 Å². The van der Waals surface area contributed by atoms with E-state index in [0.29, 0.717) is 12.2 Å². The Hall–Kier alpha value is -3.09. The average molecular weight is 310 g/mol. The Bertz CT molecular complexity index is 751. The lowest BCUT2D eigenvalue weighted by Gasteiger charge is -2.15. The molecule has 2 aromatic heterocycles. The summed E-state index contributed by atoms with van der Waals surface area (Å²) in [6.45, 7) is 2.61. The zero-order valence-electron chi connectivity index (χ0n) is 12.8. The molecule has 0 bridgehead atoms. The lowest BCUT2D eigenvalue weighted by molar-refractivity contribution is 0.248. The van der Waals surface area contributed by atoms with E-state index < -0.39 is 0 Å². The molecule has 0 spiro atoms. The Morgan fingerprint density at radius 3 is 2.91 bits per heavy atom. The van der Waals surface area contributed by atoms with Gasteiger partial charge in [0.1, 0.15) is 0 Å². The number of carbonyl (C=O) groups is 1. The molecular weight excluding hydrogens is 292 g/mol. The second kappa shape index (κ2) is 6.78. The average Bonchev–Trinajstić information content (AvgIpc) is 3.20. The van der Waals surface area contributed by atoms with Crippen LogP contribution in [-0.2, 0) is 6.54 Å². The second-order valence-corrected chi connectivity index (χ2v) is 5.26. The van der Waals surface area contributed by atoms with Crippen molar-refractivity contribution in [1.82, 2.24) is 24.6 Å². The van der Waals surface area contributed by atoms with Crippen molar-refractivity contribution in [3.05, 3.63) is 61.4 Å². The molecular formula is C16H18N6O. The molecule has 0 aliphatic rings. The molecule has 2 heterocycles. The maximum Gasteiger partial charge on any atom is 0.319 e. The first-order chi connectivity index (χ1) is 11.2. The molecule has 3 aromatic rings. The molecule has 0 saturated carbocycles. The Kier molecular flexibility index (Phi) is 4.37. The third-order valence-electron chi connectivity index (χ3n) is 3.29. The Morgan fingerprint density at radius 2 is 2.17 bits per heavy atom. The predicted octanol–water partition coefficient (Wildman–Crippen LogP) is 2.28. The number of hydrogen-bond donors (Lipinski definition) is 2. The number of nitrogens with one attached hydrogen (secondary N) is 2. The quantitative estimate of drug-likeness (QED) is 0.759. The summed E-state index contributed by atoms with van der Waals surface area (Å²) in [5, 5.41) is 9.92. The van der Waals surface area contributed by atoms with Gasteiger partial charge in [-0.3, -0.25) is 0 Å². The SMILES string of the molecule is C[C@@H](Cn1ccnc1)NC(=O)Nc1cccc(-n2cccn2)c1. The highest BCUT2D eigenvalue weighted by atomic mass is 16.2. The first-order valence-electron chi connectivity index (χ1n) is 7.34. The molecule has 2 N–H and O–H groups in total. The summed E-state index contributed by atoms with van der Waals surface area (Å²) in [5.41, 5.74) is 1.60. The summed E-state index contributed by atoms with van der Waals surface area (Å²) in [7, 11) is 0. The third-order valence-corrected chi connectivity index (χ3v) is 3.29. The molecule has 0 aliphatic carbocycles. The Morgan fingerprint density at radius 1 is 1.26 bits per heavy atom. The minimum Gasteiger partial charge on any atom is -0.335 e. The van der Waals surface area contributed by atoms with E-state index in [1.807, 2.05) is 54.2 Å². The Balaban J connectivity index is 1.58. The molecule has 1 aromatic carbocycles. The molecule has 0 radical (unpaired) electrons. The minimum atomic E-state index is -0.241. The fraction of sp³-hybridized carbons (Fsp3) is 0.188. The van der Waals surface area contributed by atoms with E-state index in [4.69, 9.17) is 0 Å². The van der Waals surface area contributed by atoms with Gasteiger partial charge in [-0.25, -0.2) is 14.5 Å². The van der Waals surface area contributed by atoms with Crippen molar-refractivity contribution in [2.24, 2.45) is 0 Å². The molecule has 0 aliphatic heterocycles. The van der Waals surface area contributed by atoms with Crippen molar-refractivity contribution in [3.8, 4) is 5.69 Å². The molecule has 3 rings (SSSR count). The van der Waals surface area contributed by atoms with Gasteiger partial charge in [0, 0.05) is 43.1 Å².